The molecule has 0 aliphatic carbocycles. The first-order valence-electron chi connectivity index (χ1n) is 2.38. The second-order valence-corrected chi connectivity index (χ2v) is 2.40. The van der Waals surface area contributed by atoms with Crippen molar-refractivity contribution in [1.82, 2.24) is 4.98 Å². The maximum atomic E-state index is 12.6. The average Bonchev–Trinajstić information content (AvgIpc) is 1.93. The zero-order valence-corrected chi connectivity index (χ0v) is 6.25. The number of nitrogens with two attached hydrogens (primary N) is 1. The topological polar surface area (TPSA) is 38.9 Å². The number of rotatable bonds is 0. The van der Waals surface area contributed by atoms with E-state index in [2.05, 4.69) is 4.98 Å². The Labute approximate surface area is 66.8 Å². The third-order valence-electron chi connectivity index (χ3n) is 0.944. The minimum absolute atomic E-state index is 0.0633. The van der Waals surface area contributed by atoms with Crippen molar-refractivity contribution in [2.45, 2.75) is 0 Å². The fourth-order valence-corrected chi connectivity index (χ4v) is 0.734. The monoisotopic (exact) mass is 180 g/mol. The highest BCUT2D eigenvalue weighted by molar-refractivity contribution is 6.42. The van der Waals surface area contributed by atoms with E-state index in [1.165, 1.54) is 6.20 Å². The third kappa shape index (κ3) is 1.15. The van der Waals surface area contributed by atoms with Crippen LogP contribution in [0.1, 0.15) is 0 Å². The van der Waals surface area contributed by atoms with Crippen LogP contribution in [0, 0.1) is 5.82 Å². The predicted octanol–water partition coefficient (Wildman–Crippen LogP) is 2.11. The molecule has 0 unspecified atom stereocenters. The highest BCUT2D eigenvalue weighted by atomic mass is 35.5. The first-order chi connectivity index (χ1) is 4.63. The zero-order valence-electron chi connectivity index (χ0n) is 4.74. The molecule has 0 aliphatic heterocycles. The highest BCUT2D eigenvalue weighted by Crippen LogP contribution is 2.25. The van der Waals surface area contributed by atoms with Crippen molar-refractivity contribution in [3.63, 3.8) is 0 Å². The molecule has 0 spiro atoms. The lowest BCUT2D eigenvalue weighted by atomic mass is 10.4. The van der Waals surface area contributed by atoms with Crippen molar-refractivity contribution in [2.75, 3.05) is 5.73 Å². The van der Waals surface area contributed by atoms with Crippen LogP contribution in [0.25, 0.3) is 0 Å². The summed E-state index contributed by atoms with van der Waals surface area (Å²) in [5.41, 5.74) is 5.06. The van der Waals surface area contributed by atoms with Crippen LogP contribution in [0.2, 0.25) is 10.0 Å². The summed E-state index contributed by atoms with van der Waals surface area (Å²) in [6.07, 6.45) is 1.20. The van der Waals surface area contributed by atoms with Gasteiger partial charge in [-0.25, -0.2) is 9.37 Å². The molecule has 0 amide bonds. The standard InChI is InChI=1S/C5H3Cl2FN2/c6-2-1-10-5(9)4(8)3(2)7/h1H,(H2,9,10). The molecule has 2 nitrogen and oxygen atoms in total. The highest BCUT2D eigenvalue weighted by Gasteiger charge is 2.07. The van der Waals surface area contributed by atoms with E-state index in [1.54, 1.807) is 0 Å². The molecule has 1 rings (SSSR count). The Hall–Kier alpha value is -0.540. The fourth-order valence-electron chi connectivity index (χ4n) is 0.457. The van der Waals surface area contributed by atoms with Crippen molar-refractivity contribution < 1.29 is 4.39 Å². The van der Waals surface area contributed by atoms with E-state index in [-0.39, 0.29) is 15.9 Å². The number of halogens is 3. The number of nitrogens with zero attached hydrogens (tertiary/aromatic N) is 1. The van der Waals surface area contributed by atoms with Gasteiger partial charge in [0.2, 0.25) is 0 Å². The molecular weight excluding hydrogens is 178 g/mol. The summed E-state index contributed by atoms with van der Waals surface area (Å²) < 4.78 is 12.6. The van der Waals surface area contributed by atoms with E-state index >= 15 is 0 Å². The van der Waals surface area contributed by atoms with Gasteiger partial charge in [0.1, 0.15) is 5.02 Å². The summed E-state index contributed by atoms with van der Waals surface area (Å²) in [5, 5.41) is -0.123. The summed E-state index contributed by atoms with van der Waals surface area (Å²) in [6.45, 7) is 0. The lowest BCUT2D eigenvalue weighted by molar-refractivity contribution is 0.628. The molecule has 54 valence electrons. The fraction of sp³-hybridized carbons (Fsp3) is 0. The van der Waals surface area contributed by atoms with Crippen LogP contribution in [0.3, 0.4) is 0 Å². The van der Waals surface area contributed by atoms with Crippen LogP contribution >= 0.6 is 23.2 Å². The minimum Gasteiger partial charge on any atom is -0.381 e. The Bertz CT molecular complexity index is 237. The molecule has 10 heavy (non-hydrogen) atoms. The van der Waals surface area contributed by atoms with E-state index in [0.29, 0.717) is 0 Å². The van der Waals surface area contributed by atoms with E-state index in [4.69, 9.17) is 28.9 Å². The lowest BCUT2D eigenvalue weighted by Gasteiger charge is -1.97. The molecule has 0 fully saturated rings. The molecule has 1 aromatic rings. The third-order valence-corrected chi connectivity index (χ3v) is 1.70. The maximum absolute atomic E-state index is 12.6. The van der Waals surface area contributed by atoms with Crippen LogP contribution in [-0.4, -0.2) is 4.98 Å². The summed E-state index contributed by atoms with van der Waals surface area (Å²) >= 11 is 10.8. The van der Waals surface area contributed by atoms with Gasteiger partial charge in [0.05, 0.1) is 5.02 Å². The maximum Gasteiger partial charge on any atom is 0.185 e. The van der Waals surface area contributed by atoms with Crippen LogP contribution in [0.4, 0.5) is 10.2 Å². The van der Waals surface area contributed by atoms with Crippen LogP contribution in [-0.2, 0) is 0 Å². The van der Waals surface area contributed by atoms with Gasteiger partial charge in [0.25, 0.3) is 0 Å². The number of aromatic nitrogens is 1. The molecule has 2 N–H and O–H groups in total. The molecule has 1 heterocycles. The van der Waals surface area contributed by atoms with Gasteiger partial charge in [0.15, 0.2) is 11.6 Å². The van der Waals surface area contributed by atoms with Crippen LogP contribution < -0.4 is 5.73 Å². The molecule has 0 radical (unpaired) electrons. The summed E-state index contributed by atoms with van der Waals surface area (Å²) in [7, 11) is 0. The number of hydrogen-bond acceptors (Lipinski definition) is 2. The summed E-state index contributed by atoms with van der Waals surface area (Å²) in [6, 6.07) is 0. The first-order valence-corrected chi connectivity index (χ1v) is 3.13. The summed E-state index contributed by atoms with van der Waals surface area (Å²) in [4.78, 5) is 3.43. The van der Waals surface area contributed by atoms with Gasteiger partial charge in [-0.05, 0) is 0 Å². The number of nitrogen functional groups attached to an aromatic ring is 1. The molecule has 0 aromatic carbocycles. The van der Waals surface area contributed by atoms with Gasteiger partial charge in [-0.2, -0.15) is 0 Å². The van der Waals surface area contributed by atoms with E-state index in [1.807, 2.05) is 0 Å². The van der Waals surface area contributed by atoms with Crippen LogP contribution in [0.15, 0.2) is 6.20 Å². The normalized spacial score (nSPS) is 9.90. The van der Waals surface area contributed by atoms with Crippen molar-refractivity contribution >= 4 is 29.0 Å². The first kappa shape index (κ1) is 7.57. The molecule has 0 saturated heterocycles. The minimum atomic E-state index is -0.769. The largest absolute Gasteiger partial charge is 0.381 e. The van der Waals surface area contributed by atoms with Crippen molar-refractivity contribution in [3.05, 3.63) is 22.1 Å². The van der Waals surface area contributed by atoms with Crippen molar-refractivity contribution in [2.24, 2.45) is 0 Å². The molecule has 0 atom stereocenters. The van der Waals surface area contributed by atoms with Gasteiger partial charge in [-0.15, -0.1) is 0 Å². The van der Waals surface area contributed by atoms with Crippen molar-refractivity contribution in [1.29, 1.82) is 0 Å². The molecule has 0 aliphatic rings. The lowest BCUT2D eigenvalue weighted by Crippen LogP contribution is -1.94. The van der Waals surface area contributed by atoms with Gasteiger partial charge in [-0.3, -0.25) is 0 Å². The quantitative estimate of drug-likeness (QED) is 0.665. The molecule has 1 aromatic heterocycles. The number of hydrogen-bond donors (Lipinski definition) is 1. The molecule has 0 bridgehead atoms. The van der Waals surface area contributed by atoms with Gasteiger partial charge >= 0.3 is 0 Å². The predicted molar refractivity (Wildman–Crippen MR) is 38.6 cm³/mol. The van der Waals surface area contributed by atoms with E-state index in [0.717, 1.165) is 0 Å². The Balaban J connectivity index is 3.34. The van der Waals surface area contributed by atoms with E-state index < -0.39 is 5.82 Å². The van der Waals surface area contributed by atoms with E-state index in [9.17, 15) is 4.39 Å². The number of pyridine rings is 1. The zero-order chi connectivity index (χ0) is 7.72. The van der Waals surface area contributed by atoms with Crippen molar-refractivity contribution in [3.8, 4) is 0 Å². The second-order valence-electron chi connectivity index (χ2n) is 1.62. The Kier molecular flexibility index (Phi) is 1.97. The van der Waals surface area contributed by atoms with Crippen LogP contribution in [0.5, 0.6) is 0 Å². The van der Waals surface area contributed by atoms with Gasteiger partial charge in [0, 0.05) is 6.20 Å². The second kappa shape index (κ2) is 2.60. The molecule has 5 heteroatoms. The Morgan fingerprint density at radius 2 is 2.10 bits per heavy atom. The number of anilines is 1. The molecular formula is C5H3Cl2FN2. The van der Waals surface area contributed by atoms with Gasteiger partial charge < -0.3 is 5.73 Å². The SMILES string of the molecule is Nc1ncc(Cl)c(Cl)c1F. The summed E-state index contributed by atoms with van der Waals surface area (Å²) in [5.74, 6) is -1.01. The Morgan fingerprint density at radius 1 is 1.50 bits per heavy atom. The molecule has 0 saturated carbocycles. The average molecular weight is 181 g/mol. The smallest absolute Gasteiger partial charge is 0.185 e. The Morgan fingerprint density at radius 3 is 2.60 bits per heavy atom. The van der Waals surface area contributed by atoms with Gasteiger partial charge in [-0.1, -0.05) is 23.2 Å².